The molecular weight excluding hydrogens is 409 g/mol. The molecule has 0 aromatic rings. The normalized spacial score (nSPS) is 12.9. The van der Waals surface area contributed by atoms with E-state index in [4.69, 9.17) is 0 Å². The molecule has 0 aliphatic rings. The number of unbranched alkanes of at least 4 members (excludes halogenated alkanes) is 10. The summed E-state index contributed by atoms with van der Waals surface area (Å²) in [6.07, 6.45) is 10.2. The predicted molar refractivity (Wildman–Crippen MR) is 117 cm³/mol. The van der Waals surface area contributed by atoms with Crippen LogP contribution in [-0.4, -0.2) is 63.4 Å². The summed E-state index contributed by atoms with van der Waals surface area (Å²) in [5.41, 5.74) is -2.01. The third-order valence-corrected chi connectivity index (χ3v) is 6.65. The van der Waals surface area contributed by atoms with Crippen molar-refractivity contribution in [2.24, 2.45) is 5.41 Å². The minimum Gasteiger partial charge on any atom is -1.00 e. The molecule has 0 aromatic carbocycles. The van der Waals surface area contributed by atoms with Gasteiger partial charge >= 0.3 is 35.0 Å². The van der Waals surface area contributed by atoms with Gasteiger partial charge in [0.2, 0.25) is 0 Å². The monoisotopic (exact) mass is 448 g/mol. The summed E-state index contributed by atoms with van der Waals surface area (Å²) in [5, 5.41) is 16.9. The van der Waals surface area contributed by atoms with Gasteiger partial charge in [-0.1, -0.05) is 90.9 Å². The topological polar surface area (TPSA) is 129 Å². The molecule has 0 amide bonds. The van der Waals surface area contributed by atoms with Crippen molar-refractivity contribution in [1.29, 1.82) is 0 Å². The maximum absolute atomic E-state index is 12.1. The molecule has 0 aliphatic carbocycles. The first-order chi connectivity index (χ1) is 13.1. The molecule has 9 heteroatoms. The molecular formula is C20H40MgO7S. The number of hydrogen-bond acceptors (Lipinski definition) is 4. The molecule has 0 rings (SSSR count). The summed E-state index contributed by atoms with van der Waals surface area (Å²) in [6, 6.07) is 0. The summed E-state index contributed by atoms with van der Waals surface area (Å²) in [5.74, 6) is -3.26. The summed E-state index contributed by atoms with van der Waals surface area (Å²) >= 11 is 0. The van der Waals surface area contributed by atoms with E-state index in [0.29, 0.717) is 25.7 Å². The van der Waals surface area contributed by atoms with Gasteiger partial charge in [0.15, 0.2) is 5.25 Å². The van der Waals surface area contributed by atoms with Gasteiger partial charge in [-0.05, 0) is 12.8 Å². The van der Waals surface area contributed by atoms with Gasteiger partial charge in [0.25, 0.3) is 10.1 Å². The minimum atomic E-state index is -5.05. The molecule has 0 radical (unpaired) electrons. The van der Waals surface area contributed by atoms with Gasteiger partial charge < -0.3 is 13.1 Å². The molecule has 170 valence electrons. The Labute approximate surface area is 194 Å². The van der Waals surface area contributed by atoms with E-state index in [0.717, 1.165) is 51.4 Å². The number of carboxylic acid groups (broad SMARTS) is 2. The summed E-state index contributed by atoms with van der Waals surface area (Å²) in [7, 11) is -5.05. The molecule has 0 saturated heterocycles. The van der Waals surface area contributed by atoms with Crippen molar-refractivity contribution in [2.75, 3.05) is 0 Å². The van der Waals surface area contributed by atoms with Gasteiger partial charge in [-0.3, -0.25) is 14.1 Å². The Bertz CT molecular complexity index is 558. The van der Waals surface area contributed by atoms with Gasteiger partial charge in [0.1, 0.15) is 0 Å². The van der Waals surface area contributed by atoms with E-state index in [1.54, 1.807) is 0 Å². The average molecular weight is 449 g/mol. The molecule has 1 atom stereocenters. The second-order valence-corrected chi connectivity index (χ2v) is 9.23. The van der Waals surface area contributed by atoms with Gasteiger partial charge in [-0.25, -0.2) is 0 Å². The van der Waals surface area contributed by atoms with E-state index < -0.39 is 32.7 Å². The zero-order valence-electron chi connectivity index (χ0n) is 20.1. The summed E-state index contributed by atoms with van der Waals surface area (Å²) in [4.78, 5) is 23.8. The van der Waals surface area contributed by atoms with E-state index >= 15 is 0 Å². The van der Waals surface area contributed by atoms with Crippen LogP contribution in [0, 0.1) is 5.41 Å². The molecule has 0 fully saturated rings. The first-order valence-electron chi connectivity index (χ1n) is 10.6. The molecule has 0 bridgehead atoms. The Hall–Kier alpha value is -0.384. The Kier molecular flexibility index (Phi) is 17.3. The Morgan fingerprint density at radius 1 is 0.793 bits per heavy atom. The maximum Gasteiger partial charge on any atom is 2.00 e. The van der Waals surface area contributed by atoms with E-state index in [-0.39, 0.29) is 38.7 Å². The first kappa shape index (κ1) is 30.8. The number of carboxylic acids is 2. The van der Waals surface area contributed by atoms with Gasteiger partial charge in [-0.15, -0.1) is 0 Å². The van der Waals surface area contributed by atoms with E-state index in [1.165, 1.54) is 0 Å². The quantitative estimate of drug-likeness (QED) is 0.157. The molecule has 3 N–H and O–H groups in total. The van der Waals surface area contributed by atoms with Crippen molar-refractivity contribution >= 4 is 45.1 Å². The van der Waals surface area contributed by atoms with Crippen LogP contribution in [0.4, 0.5) is 0 Å². The molecule has 0 aliphatic heterocycles. The Morgan fingerprint density at radius 3 is 1.41 bits per heavy atom. The van der Waals surface area contributed by atoms with Crippen LogP contribution < -0.4 is 0 Å². The molecule has 1 unspecified atom stereocenters. The summed E-state index contributed by atoms with van der Waals surface area (Å²) < 4.78 is 33.1. The van der Waals surface area contributed by atoms with Crippen LogP contribution in [0.15, 0.2) is 0 Å². The van der Waals surface area contributed by atoms with Crippen LogP contribution in [0.25, 0.3) is 0 Å². The van der Waals surface area contributed by atoms with Gasteiger partial charge in [0.05, 0.1) is 5.41 Å². The Morgan fingerprint density at radius 2 is 1.14 bits per heavy atom. The van der Waals surface area contributed by atoms with E-state index in [9.17, 15) is 32.8 Å². The minimum absolute atomic E-state index is 0. The number of aliphatic carboxylic acids is 2. The van der Waals surface area contributed by atoms with Gasteiger partial charge in [0, 0.05) is 0 Å². The molecule has 0 saturated carbocycles. The van der Waals surface area contributed by atoms with Crippen LogP contribution in [0.3, 0.4) is 0 Å². The smallest absolute Gasteiger partial charge is 1.00 e. The maximum atomic E-state index is 12.1. The van der Waals surface area contributed by atoms with Crippen molar-refractivity contribution < 1.29 is 35.6 Å². The van der Waals surface area contributed by atoms with Crippen LogP contribution in [0.2, 0.25) is 0 Å². The Balaban J connectivity index is -0.00000121. The van der Waals surface area contributed by atoms with Crippen LogP contribution >= 0.6 is 0 Å². The fraction of sp³-hybridized carbons (Fsp3) is 0.900. The zero-order valence-corrected chi connectivity index (χ0v) is 20.3. The predicted octanol–water partition coefficient (Wildman–Crippen LogP) is 4.74. The largest absolute Gasteiger partial charge is 2.00 e. The third kappa shape index (κ3) is 11.5. The van der Waals surface area contributed by atoms with Crippen molar-refractivity contribution in [3.05, 3.63) is 0 Å². The van der Waals surface area contributed by atoms with Crippen LogP contribution in [-0.2, 0) is 19.7 Å². The van der Waals surface area contributed by atoms with E-state index in [2.05, 4.69) is 13.8 Å². The van der Waals surface area contributed by atoms with Crippen LogP contribution in [0.1, 0.15) is 107 Å². The molecule has 0 aromatic heterocycles. The van der Waals surface area contributed by atoms with Gasteiger partial charge in [-0.2, -0.15) is 8.42 Å². The fourth-order valence-electron chi connectivity index (χ4n) is 3.80. The van der Waals surface area contributed by atoms with Crippen molar-refractivity contribution in [3.63, 3.8) is 0 Å². The summed E-state index contributed by atoms with van der Waals surface area (Å²) in [6.45, 7) is 4.17. The second-order valence-electron chi connectivity index (χ2n) is 7.73. The fourth-order valence-corrected chi connectivity index (χ4v) is 4.97. The number of carbonyl (C=O) groups is 2. The van der Waals surface area contributed by atoms with Crippen molar-refractivity contribution in [3.8, 4) is 0 Å². The molecule has 0 spiro atoms. The standard InChI is InChI=1S/C20H38O7S.Mg.2H/c1-3-5-7-9-11-13-15-20(19(23)24,16-14-12-10-8-6-4-2)17(18(21)22)28(25,26)27;;;/h17H,3-16H2,1-2H3,(H,21,22)(H,23,24)(H,25,26,27);;;/q;+2;2*-1. The van der Waals surface area contributed by atoms with Crippen molar-refractivity contribution in [1.82, 2.24) is 0 Å². The molecule has 29 heavy (non-hydrogen) atoms. The SMILES string of the molecule is CCCCCCCCC(CCCCCCCC)(C(=O)O)C(C(=O)O)S(=O)(=O)O.[H-].[H-].[Mg+2]. The number of rotatable bonds is 18. The number of hydrogen-bond donors (Lipinski definition) is 3. The van der Waals surface area contributed by atoms with Crippen LogP contribution in [0.5, 0.6) is 0 Å². The van der Waals surface area contributed by atoms with Crippen molar-refractivity contribution in [2.45, 2.75) is 109 Å². The molecule has 7 nitrogen and oxygen atoms in total. The second kappa shape index (κ2) is 16.3. The molecule has 0 heterocycles. The third-order valence-electron chi connectivity index (χ3n) is 5.40. The first-order valence-corrected chi connectivity index (χ1v) is 12.1. The van der Waals surface area contributed by atoms with E-state index in [1.807, 2.05) is 0 Å². The average Bonchev–Trinajstić information content (AvgIpc) is 2.58. The zero-order chi connectivity index (χ0) is 21.6.